The maximum atomic E-state index is 13.3. The Morgan fingerprint density at radius 2 is 1.95 bits per heavy atom. The highest BCUT2D eigenvalue weighted by atomic mass is 19.4. The van der Waals surface area contributed by atoms with Gasteiger partial charge in [-0.15, -0.1) is 0 Å². The van der Waals surface area contributed by atoms with Gasteiger partial charge < -0.3 is 9.64 Å². The van der Waals surface area contributed by atoms with Gasteiger partial charge in [0.2, 0.25) is 0 Å². The van der Waals surface area contributed by atoms with Gasteiger partial charge in [-0.2, -0.15) is 13.2 Å². The molecular weight excluding hydrogens is 297 g/mol. The molecule has 0 atom stereocenters. The Kier molecular flexibility index (Phi) is 4.34. The van der Waals surface area contributed by atoms with Gasteiger partial charge in [0, 0.05) is 12.1 Å². The topological polar surface area (TPSA) is 29.5 Å². The zero-order valence-electron chi connectivity index (χ0n) is 10.8. The number of alkyl halides is 3. The molecule has 0 unspecified atom stereocenters. The Morgan fingerprint density at radius 1 is 1.29 bits per heavy atom. The lowest BCUT2D eigenvalue weighted by atomic mass is 10.3. The zero-order chi connectivity index (χ0) is 15.6. The smallest absolute Gasteiger partial charge is 0.406 e. The molecule has 1 aromatic rings. The lowest BCUT2D eigenvalue weighted by Crippen LogP contribution is -2.42. The Hall–Kier alpha value is -1.86. The molecule has 1 aliphatic carbocycles. The summed E-state index contributed by atoms with van der Waals surface area (Å²) < 4.78 is 68.1. The fraction of sp³-hybridized carbons (Fsp3) is 0.462. The van der Waals surface area contributed by atoms with Crippen molar-refractivity contribution in [1.29, 1.82) is 0 Å². The van der Waals surface area contributed by atoms with Crippen LogP contribution in [-0.2, 0) is 4.79 Å². The van der Waals surface area contributed by atoms with Gasteiger partial charge in [-0.3, -0.25) is 4.79 Å². The standard InChI is InChI=1S/C13H12F5NO2/c14-8-1-4-10(15)11(5-8)21-6-12(20)19(9-2-3-9)7-13(16,17)18/h1,4-5,9H,2-3,6-7H2. The highest BCUT2D eigenvalue weighted by molar-refractivity contribution is 5.78. The fourth-order valence-corrected chi connectivity index (χ4v) is 1.81. The highest BCUT2D eigenvalue weighted by Gasteiger charge is 2.40. The molecule has 0 aliphatic heterocycles. The molecule has 8 heteroatoms. The largest absolute Gasteiger partial charge is 0.481 e. The number of hydrogen-bond acceptors (Lipinski definition) is 2. The Bertz CT molecular complexity index is 528. The number of benzene rings is 1. The summed E-state index contributed by atoms with van der Waals surface area (Å²) in [6, 6.07) is 1.95. The Morgan fingerprint density at radius 3 is 2.52 bits per heavy atom. The van der Waals surface area contributed by atoms with E-state index in [0.717, 1.165) is 18.2 Å². The molecule has 0 saturated heterocycles. The molecule has 1 saturated carbocycles. The van der Waals surface area contributed by atoms with Gasteiger partial charge >= 0.3 is 6.18 Å². The summed E-state index contributed by atoms with van der Waals surface area (Å²) in [7, 11) is 0. The summed E-state index contributed by atoms with van der Waals surface area (Å²) in [5.74, 6) is -3.07. The van der Waals surface area contributed by atoms with E-state index in [1.54, 1.807) is 0 Å². The van der Waals surface area contributed by atoms with E-state index < -0.39 is 48.7 Å². The molecule has 1 amide bonds. The van der Waals surface area contributed by atoms with Crippen molar-refractivity contribution in [3.8, 4) is 5.75 Å². The van der Waals surface area contributed by atoms with Crippen LogP contribution in [0.5, 0.6) is 5.75 Å². The van der Waals surface area contributed by atoms with Gasteiger partial charge in [-0.25, -0.2) is 8.78 Å². The number of carbonyl (C=O) groups excluding carboxylic acids is 1. The van der Waals surface area contributed by atoms with Gasteiger partial charge in [-0.05, 0) is 25.0 Å². The van der Waals surface area contributed by atoms with E-state index >= 15 is 0 Å². The summed E-state index contributed by atoms with van der Waals surface area (Å²) in [6.45, 7) is -2.14. The second kappa shape index (κ2) is 5.87. The molecule has 1 aliphatic rings. The minimum absolute atomic E-state index is 0.458. The van der Waals surface area contributed by atoms with Crippen molar-refractivity contribution >= 4 is 5.91 Å². The van der Waals surface area contributed by atoms with E-state index in [2.05, 4.69) is 0 Å². The van der Waals surface area contributed by atoms with E-state index in [4.69, 9.17) is 4.74 Å². The predicted octanol–water partition coefficient (Wildman–Crippen LogP) is 2.90. The molecule has 0 N–H and O–H groups in total. The molecule has 0 spiro atoms. The Labute approximate surface area is 117 Å². The molecule has 116 valence electrons. The first-order valence-corrected chi connectivity index (χ1v) is 6.20. The summed E-state index contributed by atoms with van der Waals surface area (Å²) in [5, 5.41) is 0. The van der Waals surface area contributed by atoms with Gasteiger partial charge in [0.15, 0.2) is 18.2 Å². The molecule has 0 heterocycles. The van der Waals surface area contributed by atoms with Crippen LogP contribution in [-0.4, -0.2) is 36.2 Å². The number of carbonyl (C=O) groups is 1. The van der Waals surface area contributed by atoms with E-state index in [1.165, 1.54) is 0 Å². The highest BCUT2D eigenvalue weighted by Crippen LogP contribution is 2.30. The minimum atomic E-state index is -4.51. The minimum Gasteiger partial charge on any atom is -0.481 e. The second-order valence-corrected chi connectivity index (χ2v) is 4.73. The summed E-state index contributed by atoms with van der Waals surface area (Å²) >= 11 is 0. The SMILES string of the molecule is O=C(COc1cc(F)ccc1F)N(CC(F)(F)F)C1CC1. The van der Waals surface area contributed by atoms with E-state index in [1.807, 2.05) is 0 Å². The number of ether oxygens (including phenoxy) is 1. The third-order valence-corrected chi connectivity index (χ3v) is 2.90. The molecule has 0 radical (unpaired) electrons. The van der Waals surface area contributed by atoms with Crippen molar-refractivity contribution in [2.45, 2.75) is 25.1 Å². The lowest BCUT2D eigenvalue weighted by molar-refractivity contribution is -0.163. The van der Waals surface area contributed by atoms with E-state index in [9.17, 15) is 26.7 Å². The maximum absolute atomic E-state index is 13.3. The van der Waals surface area contributed by atoms with Crippen molar-refractivity contribution in [3.05, 3.63) is 29.8 Å². The molecular formula is C13H12F5NO2. The number of halogens is 5. The molecule has 21 heavy (non-hydrogen) atoms. The molecule has 0 aromatic heterocycles. The van der Waals surface area contributed by atoms with Crippen LogP contribution < -0.4 is 4.74 Å². The second-order valence-electron chi connectivity index (χ2n) is 4.73. The summed E-state index contributed by atoms with van der Waals surface area (Å²) in [5.41, 5.74) is 0. The maximum Gasteiger partial charge on any atom is 0.406 e. The predicted molar refractivity (Wildman–Crippen MR) is 62.6 cm³/mol. The van der Waals surface area contributed by atoms with E-state index in [0.29, 0.717) is 17.7 Å². The monoisotopic (exact) mass is 309 g/mol. The third kappa shape index (κ3) is 4.57. The van der Waals surface area contributed by atoms with Crippen molar-refractivity contribution in [2.75, 3.05) is 13.2 Å². The molecule has 1 fully saturated rings. The van der Waals surface area contributed by atoms with Crippen LogP contribution in [0.1, 0.15) is 12.8 Å². The van der Waals surface area contributed by atoms with Gasteiger partial charge in [0.05, 0.1) is 0 Å². The normalized spacial score (nSPS) is 14.9. The van der Waals surface area contributed by atoms with Crippen molar-refractivity contribution < 1.29 is 31.5 Å². The van der Waals surface area contributed by atoms with Crippen LogP contribution in [0, 0.1) is 11.6 Å². The van der Waals surface area contributed by atoms with Crippen LogP contribution in [0.15, 0.2) is 18.2 Å². The van der Waals surface area contributed by atoms with Crippen molar-refractivity contribution in [3.63, 3.8) is 0 Å². The quantitative estimate of drug-likeness (QED) is 0.783. The average molecular weight is 309 g/mol. The Balaban J connectivity index is 1.97. The first-order chi connectivity index (χ1) is 9.76. The van der Waals surface area contributed by atoms with Crippen molar-refractivity contribution in [2.24, 2.45) is 0 Å². The summed E-state index contributed by atoms with van der Waals surface area (Å²) in [6.07, 6.45) is -3.52. The van der Waals surface area contributed by atoms with Crippen LogP contribution >= 0.6 is 0 Å². The number of nitrogens with zero attached hydrogens (tertiary/aromatic N) is 1. The third-order valence-electron chi connectivity index (χ3n) is 2.90. The molecule has 1 aromatic carbocycles. The molecule has 3 nitrogen and oxygen atoms in total. The fourth-order valence-electron chi connectivity index (χ4n) is 1.81. The van der Waals surface area contributed by atoms with Crippen LogP contribution in [0.3, 0.4) is 0 Å². The van der Waals surface area contributed by atoms with Gasteiger partial charge in [-0.1, -0.05) is 0 Å². The van der Waals surface area contributed by atoms with E-state index in [-0.39, 0.29) is 0 Å². The first-order valence-electron chi connectivity index (χ1n) is 6.20. The van der Waals surface area contributed by atoms with Crippen molar-refractivity contribution in [1.82, 2.24) is 4.90 Å². The number of hydrogen-bond donors (Lipinski definition) is 0. The number of amides is 1. The first kappa shape index (κ1) is 15.5. The molecule has 0 bridgehead atoms. The average Bonchev–Trinajstić information content (AvgIpc) is 3.20. The van der Waals surface area contributed by atoms with Gasteiger partial charge in [0.25, 0.3) is 5.91 Å². The van der Waals surface area contributed by atoms with Gasteiger partial charge in [0.1, 0.15) is 12.4 Å². The van der Waals surface area contributed by atoms with Crippen LogP contribution in [0.4, 0.5) is 22.0 Å². The zero-order valence-corrected chi connectivity index (χ0v) is 10.8. The summed E-state index contributed by atoms with van der Waals surface area (Å²) in [4.78, 5) is 12.4. The van der Waals surface area contributed by atoms with Crippen LogP contribution in [0.2, 0.25) is 0 Å². The van der Waals surface area contributed by atoms with Crippen LogP contribution in [0.25, 0.3) is 0 Å². The number of rotatable bonds is 5. The molecule has 2 rings (SSSR count). The lowest BCUT2D eigenvalue weighted by Gasteiger charge is -2.23.